The van der Waals surface area contributed by atoms with E-state index in [1.165, 1.54) is 12.1 Å². The number of hydrogen-bond donors (Lipinski definition) is 1. The Bertz CT molecular complexity index is 821. The standard InChI is InChI=1S/C19H19FN4/c1-3-24(17-10-5-4-6-11-17)19-21-14(2)12-18(23-19)22-16-9-7-8-15(20)13-16/h4-13H,3H2,1-2H3,(H,21,22,23). The Kier molecular flexibility index (Phi) is 4.70. The van der Waals surface area contributed by atoms with Crippen LogP contribution in [0, 0.1) is 12.7 Å². The first-order valence-corrected chi connectivity index (χ1v) is 7.86. The van der Waals surface area contributed by atoms with Crippen molar-refractivity contribution in [1.29, 1.82) is 0 Å². The predicted octanol–water partition coefficient (Wildman–Crippen LogP) is 4.83. The van der Waals surface area contributed by atoms with Gasteiger partial charge in [0.05, 0.1) is 0 Å². The van der Waals surface area contributed by atoms with Gasteiger partial charge in [-0.15, -0.1) is 0 Å². The Morgan fingerprint density at radius 1 is 1.00 bits per heavy atom. The van der Waals surface area contributed by atoms with E-state index in [4.69, 9.17) is 0 Å². The average Bonchev–Trinajstić information content (AvgIpc) is 2.56. The number of anilines is 4. The first kappa shape index (κ1) is 15.9. The summed E-state index contributed by atoms with van der Waals surface area (Å²) >= 11 is 0. The van der Waals surface area contributed by atoms with Gasteiger partial charge in [-0.25, -0.2) is 9.37 Å². The summed E-state index contributed by atoms with van der Waals surface area (Å²) in [5.41, 5.74) is 2.53. The summed E-state index contributed by atoms with van der Waals surface area (Å²) in [5, 5.41) is 3.14. The molecule has 0 aliphatic carbocycles. The fourth-order valence-corrected chi connectivity index (χ4v) is 2.50. The van der Waals surface area contributed by atoms with Crippen LogP contribution in [0.2, 0.25) is 0 Å². The topological polar surface area (TPSA) is 41.1 Å². The van der Waals surface area contributed by atoms with Crippen LogP contribution in [-0.4, -0.2) is 16.5 Å². The zero-order valence-electron chi connectivity index (χ0n) is 13.7. The van der Waals surface area contributed by atoms with Crippen LogP contribution < -0.4 is 10.2 Å². The second-order valence-electron chi connectivity index (χ2n) is 5.41. The summed E-state index contributed by atoms with van der Waals surface area (Å²) in [6, 6.07) is 18.1. The van der Waals surface area contributed by atoms with E-state index in [2.05, 4.69) is 22.2 Å². The minimum Gasteiger partial charge on any atom is -0.340 e. The van der Waals surface area contributed by atoms with Crippen molar-refractivity contribution in [2.45, 2.75) is 13.8 Å². The van der Waals surface area contributed by atoms with Crippen LogP contribution in [0.1, 0.15) is 12.6 Å². The number of nitrogens with zero attached hydrogens (tertiary/aromatic N) is 3. The Balaban J connectivity index is 1.93. The normalized spacial score (nSPS) is 10.5. The SMILES string of the molecule is CCN(c1ccccc1)c1nc(C)cc(Nc2cccc(F)c2)n1. The highest BCUT2D eigenvalue weighted by Crippen LogP contribution is 2.24. The molecule has 5 heteroatoms. The van der Waals surface area contributed by atoms with Gasteiger partial charge in [0, 0.05) is 29.7 Å². The molecule has 24 heavy (non-hydrogen) atoms. The number of aromatic nitrogens is 2. The van der Waals surface area contributed by atoms with E-state index in [0.29, 0.717) is 17.5 Å². The Hall–Kier alpha value is -2.95. The lowest BCUT2D eigenvalue weighted by atomic mass is 10.3. The lowest BCUT2D eigenvalue weighted by Crippen LogP contribution is -2.19. The molecule has 3 rings (SSSR count). The molecule has 0 saturated heterocycles. The Morgan fingerprint density at radius 2 is 1.79 bits per heavy atom. The van der Waals surface area contributed by atoms with Crippen LogP contribution in [0.4, 0.5) is 27.5 Å². The molecule has 0 spiro atoms. The van der Waals surface area contributed by atoms with Gasteiger partial charge in [0.15, 0.2) is 0 Å². The Labute approximate surface area is 141 Å². The van der Waals surface area contributed by atoms with Gasteiger partial charge in [-0.1, -0.05) is 24.3 Å². The molecule has 0 aliphatic rings. The van der Waals surface area contributed by atoms with E-state index in [1.54, 1.807) is 12.1 Å². The molecular formula is C19H19FN4. The summed E-state index contributed by atoms with van der Waals surface area (Å²) in [6.45, 7) is 4.71. The van der Waals surface area contributed by atoms with Crippen LogP contribution in [-0.2, 0) is 0 Å². The van der Waals surface area contributed by atoms with Gasteiger partial charge in [0.25, 0.3) is 0 Å². The van der Waals surface area contributed by atoms with Crippen LogP contribution >= 0.6 is 0 Å². The highest BCUT2D eigenvalue weighted by atomic mass is 19.1. The van der Waals surface area contributed by atoms with E-state index in [0.717, 1.165) is 17.9 Å². The molecular weight excluding hydrogens is 303 g/mol. The molecule has 1 aromatic heterocycles. The molecule has 0 radical (unpaired) electrons. The highest BCUT2D eigenvalue weighted by molar-refractivity contribution is 5.61. The van der Waals surface area contributed by atoms with Crippen molar-refractivity contribution in [2.75, 3.05) is 16.8 Å². The van der Waals surface area contributed by atoms with Gasteiger partial charge in [-0.05, 0) is 44.2 Å². The maximum atomic E-state index is 13.4. The molecule has 122 valence electrons. The summed E-state index contributed by atoms with van der Waals surface area (Å²) in [4.78, 5) is 11.2. The van der Waals surface area contributed by atoms with E-state index in [-0.39, 0.29) is 5.82 Å². The first-order chi connectivity index (χ1) is 11.7. The van der Waals surface area contributed by atoms with E-state index in [9.17, 15) is 4.39 Å². The number of hydrogen-bond acceptors (Lipinski definition) is 4. The number of aryl methyl sites for hydroxylation is 1. The van der Waals surface area contributed by atoms with Gasteiger partial charge in [-0.3, -0.25) is 0 Å². The number of nitrogens with one attached hydrogen (secondary N) is 1. The number of rotatable bonds is 5. The Morgan fingerprint density at radius 3 is 2.50 bits per heavy atom. The second-order valence-corrected chi connectivity index (χ2v) is 5.41. The van der Waals surface area contributed by atoms with Gasteiger partial charge in [0.2, 0.25) is 5.95 Å². The summed E-state index contributed by atoms with van der Waals surface area (Å²) in [5.74, 6) is 0.963. The summed E-state index contributed by atoms with van der Waals surface area (Å²) in [7, 11) is 0. The molecule has 1 N–H and O–H groups in total. The number of halogens is 1. The smallest absolute Gasteiger partial charge is 0.232 e. The maximum absolute atomic E-state index is 13.4. The molecule has 1 heterocycles. The number of benzene rings is 2. The third kappa shape index (κ3) is 3.68. The van der Waals surface area contributed by atoms with E-state index in [1.807, 2.05) is 48.2 Å². The molecule has 0 aliphatic heterocycles. The lowest BCUT2D eigenvalue weighted by Gasteiger charge is -2.22. The predicted molar refractivity (Wildman–Crippen MR) is 95.6 cm³/mol. The van der Waals surface area contributed by atoms with Crippen LogP contribution in [0.15, 0.2) is 60.7 Å². The van der Waals surface area contributed by atoms with Crippen LogP contribution in [0.5, 0.6) is 0 Å². The fraction of sp³-hybridized carbons (Fsp3) is 0.158. The first-order valence-electron chi connectivity index (χ1n) is 7.86. The quantitative estimate of drug-likeness (QED) is 0.731. The third-order valence-electron chi connectivity index (χ3n) is 3.56. The molecule has 0 bridgehead atoms. The lowest BCUT2D eigenvalue weighted by molar-refractivity contribution is 0.628. The minimum atomic E-state index is -0.287. The third-order valence-corrected chi connectivity index (χ3v) is 3.56. The molecule has 0 fully saturated rings. The maximum Gasteiger partial charge on any atom is 0.232 e. The summed E-state index contributed by atoms with van der Waals surface area (Å²) in [6.07, 6.45) is 0. The largest absolute Gasteiger partial charge is 0.340 e. The average molecular weight is 322 g/mol. The van der Waals surface area contributed by atoms with Crippen molar-refractivity contribution in [3.05, 3.63) is 72.2 Å². The van der Waals surface area contributed by atoms with Gasteiger partial charge in [0.1, 0.15) is 11.6 Å². The summed E-state index contributed by atoms with van der Waals surface area (Å²) < 4.78 is 13.4. The van der Waals surface area contributed by atoms with Gasteiger partial charge < -0.3 is 10.2 Å². The van der Waals surface area contributed by atoms with E-state index < -0.39 is 0 Å². The monoisotopic (exact) mass is 322 g/mol. The highest BCUT2D eigenvalue weighted by Gasteiger charge is 2.12. The minimum absolute atomic E-state index is 0.287. The van der Waals surface area contributed by atoms with Crippen molar-refractivity contribution in [3.8, 4) is 0 Å². The molecule has 0 atom stereocenters. The van der Waals surface area contributed by atoms with Crippen LogP contribution in [0.25, 0.3) is 0 Å². The molecule has 4 nitrogen and oxygen atoms in total. The molecule has 0 saturated carbocycles. The molecule has 2 aromatic carbocycles. The van der Waals surface area contributed by atoms with Gasteiger partial charge >= 0.3 is 0 Å². The fourth-order valence-electron chi connectivity index (χ4n) is 2.50. The van der Waals surface area contributed by atoms with Crippen molar-refractivity contribution in [2.24, 2.45) is 0 Å². The molecule has 3 aromatic rings. The van der Waals surface area contributed by atoms with Crippen molar-refractivity contribution >= 4 is 23.1 Å². The van der Waals surface area contributed by atoms with Crippen molar-refractivity contribution in [1.82, 2.24) is 9.97 Å². The van der Waals surface area contributed by atoms with Gasteiger partial charge in [-0.2, -0.15) is 4.98 Å². The zero-order valence-corrected chi connectivity index (χ0v) is 13.7. The van der Waals surface area contributed by atoms with Crippen molar-refractivity contribution in [3.63, 3.8) is 0 Å². The van der Waals surface area contributed by atoms with Crippen molar-refractivity contribution < 1.29 is 4.39 Å². The molecule has 0 unspecified atom stereocenters. The number of para-hydroxylation sites is 1. The second kappa shape index (κ2) is 7.08. The van der Waals surface area contributed by atoms with E-state index >= 15 is 0 Å². The molecule has 0 amide bonds. The van der Waals surface area contributed by atoms with Crippen LogP contribution in [0.3, 0.4) is 0 Å². The zero-order chi connectivity index (χ0) is 16.9.